The summed E-state index contributed by atoms with van der Waals surface area (Å²) >= 11 is 0. The van der Waals surface area contributed by atoms with Gasteiger partial charge in [0.2, 0.25) is 0 Å². The van der Waals surface area contributed by atoms with E-state index in [9.17, 15) is 0 Å². The minimum atomic E-state index is 1.17. The minimum absolute atomic E-state index is 1.17. The van der Waals surface area contributed by atoms with E-state index in [1.165, 1.54) is 21.7 Å². The van der Waals surface area contributed by atoms with Gasteiger partial charge in [-0.25, -0.2) is 0 Å². The van der Waals surface area contributed by atoms with Gasteiger partial charge >= 0.3 is 0 Å². The molecule has 0 spiro atoms. The monoisotopic (exact) mass is 182 g/mol. The molecule has 2 aliphatic rings. The Morgan fingerprint density at radius 1 is 1.00 bits per heavy atom. The van der Waals surface area contributed by atoms with Crippen LogP contribution in [0.1, 0.15) is 5.56 Å². The number of fused-ring (bicyclic) bond motifs is 3. The zero-order valence-corrected chi connectivity index (χ0v) is 7.62. The molecule has 0 aromatic heterocycles. The van der Waals surface area contributed by atoms with E-state index in [4.69, 9.17) is 0 Å². The van der Waals surface area contributed by atoms with Gasteiger partial charge in [0, 0.05) is 34.7 Å². The molecular formula is C12H10N2. The number of rotatable bonds is 0. The van der Waals surface area contributed by atoms with Crippen molar-refractivity contribution in [2.75, 3.05) is 5.32 Å². The smallest absolute Gasteiger partial charge is 0.0460 e. The van der Waals surface area contributed by atoms with Crippen LogP contribution in [0.15, 0.2) is 30.6 Å². The predicted octanol–water partition coefficient (Wildman–Crippen LogP) is 0.718. The average molecular weight is 182 g/mol. The summed E-state index contributed by atoms with van der Waals surface area (Å²) in [5.41, 5.74) is 2.43. The Labute approximate surface area is 82.0 Å². The molecule has 0 atom stereocenters. The van der Waals surface area contributed by atoms with Crippen LogP contribution in [0.4, 0.5) is 5.69 Å². The van der Waals surface area contributed by atoms with Crippen molar-refractivity contribution in [2.24, 2.45) is 0 Å². The van der Waals surface area contributed by atoms with Crippen LogP contribution in [-0.2, 0) is 0 Å². The predicted molar refractivity (Wildman–Crippen MR) is 59.6 cm³/mol. The number of hydrogen-bond donors (Lipinski definition) is 2. The quantitative estimate of drug-likeness (QED) is 0.617. The topological polar surface area (TPSA) is 24.1 Å². The SMILES string of the molecule is C1=CNc2ccc3c(c2=C1)=CNC=C3. The molecule has 0 unspecified atom stereocenters. The Balaban J connectivity index is 2.46. The molecule has 0 radical (unpaired) electrons. The number of nitrogens with one attached hydrogen (secondary N) is 2. The molecule has 0 fully saturated rings. The summed E-state index contributed by atoms with van der Waals surface area (Å²) in [6.07, 6.45) is 12.2. The average Bonchev–Trinajstić information content (AvgIpc) is 2.29. The molecule has 68 valence electrons. The molecule has 3 rings (SSSR count). The van der Waals surface area contributed by atoms with Crippen LogP contribution >= 0.6 is 0 Å². The second-order valence-electron chi connectivity index (χ2n) is 3.34. The number of hydrogen-bond acceptors (Lipinski definition) is 2. The van der Waals surface area contributed by atoms with Crippen LogP contribution in [0, 0.1) is 0 Å². The molecule has 2 N–H and O–H groups in total. The summed E-state index contributed by atoms with van der Waals surface area (Å²) in [4.78, 5) is 0. The van der Waals surface area contributed by atoms with Gasteiger partial charge < -0.3 is 10.6 Å². The molecule has 1 aromatic carbocycles. The van der Waals surface area contributed by atoms with Crippen molar-refractivity contribution in [3.05, 3.63) is 46.6 Å². The second kappa shape index (κ2) is 2.77. The highest BCUT2D eigenvalue weighted by Gasteiger charge is 2.02. The van der Waals surface area contributed by atoms with Crippen LogP contribution < -0.4 is 21.1 Å². The van der Waals surface area contributed by atoms with Crippen molar-refractivity contribution in [1.29, 1.82) is 0 Å². The normalized spacial score (nSPS) is 15.4. The zero-order valence-electron chi connectivity index (χ0n) is 7.62. The Morgan fingerprint density at radius 3 is 3.00 bits per heavy atom. The summed E-state index contributed by atoms with van der Waals surface area (Å²) in [5.74, 6) is 0. The molecule has 1 aromatic rings. The molecule has 2 heterocycles. The Bertz CT molecular complexity index is 550. The number of allylic oxidation sites excluding steroid dienone is 1. The van der Waals surface area contributed by atoms with E-state index in [2.05, 4.69) is 34.9 Å². The lowest BCUT2D eigenvalue weighted by Crippen LogP contribution is -2.33. The molecule has 0 aliphatic carbocycles. The molecule has 2 heteroatoms. The van der Waals surface area contributed by atoms with Crippen molar-refractivity contribution in [1.82, 2.24) is 5.32 Å². The summed E-state index contributed by atoms with van der Waals surface area (Å²) < 4.78 is 0. The lowest BCUT2D eigenvalue weighted by Gasteiger charge is -2.10. The molecular weight excluding hydrogens is 172 g/mol. The van der Waals surface area contributed by atoms with Crippen molar-refractivity contribution in [3.8, 4) is 0 Å². The van der Waals surface area contributed by atoms with E-state index in [0.29, 0.717) is 0 Å². The summed E-state index contributed by atoms with van der Waals surface area (Å²) in [5, 5.41) is 8.85. The Hall–Kier alpha value is -1.96. The summed E-state index contributed by atoms with van der Waals surface area (Å²) in [6.45, 7) is 0. The maximum absolute atomic E-state index is 3.23. The van der Waals surface area contributed by atoms with E-state index in [-0.39, 0.29) is 0 Å². The Kier molecular flexibility index (Phi) is 1.47. The first-order valence-electron chi connectivity index (χ1n) is 4.64. The van der Waals surface area contributed by atoms with Gasteiger partial charge in [-0.2, -0.15) is 0 Å². The van der Waals surface area contributed by atoms with Crippen molar-refractivity contribution in [3.63, 3.8) is 0 Å². The fraction of sp³-hybridized carbons (Fsp3) is 0. The van der Waals surface area contributed by atoms with Gasteiger partial charge in [0.1, 0.15) is 0 Å². The van der Waals surface area contributed by atoms with Crippen molar-refractivity contribution < 1.29 is 0 Å². The molecule has 14 heavy (non-hydrogen) atoms. The van der Waals surface area contributed by atoms with Gasteiger partial charge in [-0.1, -0.05) is 12.1 Å². The van der Waals surface area contributed by atoms with E-state index >= 15 is 0 Å². The minimum Gasteiger partial charge on any atom is -0.367 e. The lowest BCUT2D eigenvalue weighted by molar-refractivity contribution is 1.24. The molecule has 2 aliphatic heterocycles. The maximum atomic E-state index is 3.23. The number of benzene rings is 1. The fourth-order valence-corrected chi connectivity index (χ4v) is 1.82. The second-order valence-corrected chi connectivity index (χ2v) is 3.34. The van der Waals surface area contributed by atoms with Crippen LogP contribution in [-0.4, -0.2) is 0 Å². The highest BCUT2D eigenvalue weighted by molar-refractivity contribution is 5.66. The van der Waals surface area contributed by atoms with E-state index in [0.717, 1.165) is 0 Å². The fourth-order valence-electron chi connectivity index (χ4n) is 1.82. The first-order valence-corrected chi connectivity index (χ1v) is 4.64. The van der Waals surface area contributed by atoms with Gasteiger partial charge in [-0.15, -0.1) is 0 Å². The number of anilines is 1. The van der Waals surface area contributed by atoms with Crippen molar-refractivity contribution >= 4 is 24.0 Å². The maximum Gasteiger partial charge on any atom is 0.0460 e. The molecule has 0 saturated carbocycles. The van der Waals surface area contributed by atoms with E-state index < -0.39 is 0 Å². The van der Waals surface area contributed by atoms with Gasteiger partial charge in [0.15, 0.2) is 0 Å². The highest BCUT2D eigenvalue weighted by atomic mass is 14.8. The first kappa shape index (κ1) is 7.44. The standard InChI is InChI=1S/C12H10N2/c1-2-10-11-8-13-7-5-9(11)3-4-12(10)14-6-1/h1-8,13-14H. The lowest BCUT2D eigenvalue weighted by atomic mass is 10.1. The Morgan fingerprint density at radius 2 is 2.00 bits per heavy atom. The summed E-state index contributed by atoms with van der Waals surface area (Å²) in [7, 11) is 0. The van der Waals surface area contributed by atoms with E-state index in [1.807, 2.05) is 24.7 Å². The molecule has 2 nitrogen and oxygen atoms in total. The third-order valence-corrected chi connectivity index (χ3v) is 2.51. The van der Waals surface area contributed by atoms with Gasteiger partial charge in [-0.05, 0) is 23.8 Å². The third-order valence-electron chi connectivity index (χ3n) is 2.51. The highest BCUT2D eigenvalue weighted by Crippen LogP contribution is 2.05. The van der Waals surface area contributed by atoms with Crippen LogP contribution in [0.2, 0.25) is 0 Å². The third kappa shape index (κ3) is 0.973. The largest absolute Gasteiger partial charge is 0.367 e. The zero-order chi connectivity index (χ0) is 9.38. The van der Waals surface area contributed by atoms with E-state index in [1.54, 1.807) is 0 Å². The van der Waals surface area contributed by atoms with Gasteiger partial charge in [0.25, 0.3) is 0 Å². The molecule has 0 amide bonds. The molecule has 0 bridgehead atoms. The molecule has 0 saturated heterocycles. The first-order chi connectivity index (χ1) is 6.95. The van der Waals surface area contributed by atoms with Crippen molar-refractivity contribution in [2.45, 2.75) is 0 Å². The summed E-state index contributed by atoms with van der Waals surface area (Å²) in [6, 6.07) is 4.24. The van der Waals surface area contributed by atoms with Crippen LogP contribution in [0.5, 0.6) is 0 Å². The van der Waals surface area contributed by atoms with Gasteiger partial charge in [-0.3, -0.25) is 0 Å². The van der Waals surface area contributed by atoms with Crippen LogP contribution in [0.3, 0.4) is 0 Å². The van der Waals surface area contributed by atoms with Gasteiger partial charge in [0.05, 0.1) is 0 Å². The van der Waals surface area contributed by atoms with Crippen LogP contribution in [0.25, 0.3) is 18.4 Å².